The average molecular weight is 1090 g/mol. The predicted octanol–water partition coefficient (Wildman–Crippen LogP) is 21.1. The van der Waals surface area contributed by atoms with Crippen LogP contribution in [0.25, 0.3) is 0 Å². The number of hydrogen-bond acceptors (Lipinski definition) is 8. The lowest BCUT2D eigenvalue weighted by Crippen LogP contribution is -2.29. The maximum Gasteiger partial charge on any atom is 0.472 e. The highest BCUT2D eigenvalue weighted by Crippen LogP contribution is 2.43. The van der Waals surface area contributed by atoms with E-state index >= 15 is 0 Å². The van der Waals surface area contributed by atoms with Crippen molar-refractivity contribution in [2.24, 2.45) is 5.73 Å². The molecule has 0 aliphatic heterocycles. The van der Waals surface area contributed by atoms with Gasteiger partial charge in [-0.1, -0.05) is 294 Å². The molecule has 0 saturated heterocycles. The number of phosphoric ester groups is 1. The number of phosphoric acid groups is 1. The Hall–Kier alpha value is -1.77. The molecule has 0 heterocycles. The van der Waals surface area contributed by atoms with Crippen LogP contribution in [0.4, 0.5) is 0 Å². The van der Waals surface area contributed by atoms with Crippen molar-refractivity contribution in [2.75, 3.05) is 26.4 Å². The van der Waals surface area contributed by atoms with E-state index < -0.39 is 26.5 Å². The lowest BCUT2D eigenvalue weighted by atomic mass is 10.0. The molecule has 2 unspecified atom stereocenters. The maximum atomic E-state index is 12.7. The van der Waals surface area contributed by atoms with Crippen LogP contribution in [0.15, 0.2) is 36.5 Å². The Morgan fingerprint density at radius 2 is 0.684 bits per heavy atom. The summed E-state index contributed by atoms with van der Waals surface area (Å²) in [5, 5.41) is 0. The molecule has 0 amide bonds. The second-order valence-electron chi connectivity index (χ2n) is 22.3. The van der Waals surface area contributed by atoms with Crippen LogP contribution in [0.1, 0.15) is 341 Å². The quantitative estimate of drug-likeness (QED) is 0.0264. The van der Waals surface area contributed by atoms with Crippen LogP contribution in [0.5, 0.6) is 0 Å². The van der Waals surface area contributed by atoms with Crippen LogP contribution in [-0.2, 0) is 32.7 Å². The highest BCUT2D eigenvalue weighted by Gasteiger charge is 2.26. The van der Waals surface area contributed by atoms with Crippen molar-refractivity contribution < 1.29 is 37.6 Å². The van der Waals surface area contributed by atoms with E-state index in [9.17, 15) is 19.0 Å². The number of rotatable bonds is 63. The minimum Gasteiger partial charge on any atom is -0.462 e. The summed E-state index contributed by atoms with van der Waals surface area (Å²) >= 11 is 0. The molecule has 9 nitrogen and oxygen atoms in total. The van der Waals surface area contributed by atoms with Crippen LogP contribution >= 0.6 is 7.82 Å². The lowest BCUT2D eigenvalue weighted by molar-refractivity contribution is -0.161. The van der Waals surface area contributed by atoms with Crippen LogP contribution in [0.2, 0.25) is 0 Å². The first-order chi connectivity index (χ1) is 37.3. The molecule has 0 saturated carbocycles. The van der Waals surface area contributed by atoms with Gasteiger partial charge in [-0.15, -0.1) is 0 Å². The third kappa shape index (κ3) is 61.4. The number of ether oxygens (including phenoxy) is 2. The monoisotopic (exact) mass is 1090 g/mol. The van der Waals surface area contributed by atoms with Gasteiger partial charge in [0, 0.05) is 19.4 Å². The maximum absolute atomic E-state index is 12.7. The molecule has 76 heavy (non-hydrogen) atoms. The lowest BCUT2D eigenvalue weighted by Gasteiger charge is -2.19. The minimum absolute atomic E-state index is 0.0550. The summed E-state index contributed by atoms with van der Waals surface area (Å²) in [6.45, 7) is 3.78. The fourth-order valence-corrected chi connectivity index (χ4v) is 10.6. The molecule has 0 radical (unpaired) electrons. The Bertz CT molecular complexity index is 1340. The molecular formula is C66H126NO8P. The molecule has 0 aromatic rings. The van der Waals surface area contributed by atoms with Crippen molar-refractivity contribution in [1.82, 2.24) is 0 Å². The third-order valence-corrected chi connectivity index (χ3v) is 15.7. The van der Waals surface area contributed by atoms with Crippen LogP contribution in [0.3, 0.4) is 0 Å². The van der Waals surface area contributed by atoms with Gasteiger partial charge in [0.05, 0.1) is 13.2 Å². The highest BCUT2D eigenvalue weighted by atomic mass is 31.2. The van der Waals surface area contributed by atoms with Gasteiger partial charge in [-0.25, -0.2) is 4.57 Å². The topological polar surface area (TPSA) is 134 Å². The molecule has 0 spiro atoms. The summed E-state index contributed by atoms with van der Waals surface area (Å²) in [6.07, 6.45) is 76.7. The number of esters is 2. The Morgan fingerprint density at radius 1 is 0.395 bits per heavy atom. The van der Waals surface area contributed by atoms with Gasteiger partial charge in [0.25, 0.3) is 0 Å². The first-order valence-corrected chi connectivity index (χ1v) is 34.5. The number of unbranched alkanes of at least 4 members (excludes halogenated alkanes) is 44. The van der Waals surface area contributed by atoms with Gasteiger partial charge in [-0.3, -0.25) is 18.6 Å². The van der Waals surface area contributed by atoms with Crippen LogP contribution in [0, 0.1) is 0 Å². The van der Waals surface area contributed by atoms with E-state index in [2.05, 4.69) is 50.3 Å². The van der Waals surface area contributed by atoms with E-state index in [0.717, 1.165) is 44.9 Å². The minimum atomic E-state index is -4.39. The first-order valence-electron chi connectivity index (χ1n) is 33.0. The van der Waals surface area contributed by atoms with Crippen molar-refractivity contribution in [3.05, 3.63) is 36.5 Å². The second-order valence-corrected chi connectivity index (χ2v) is 23.8. The van der Waals surface area contributed by atoms with Gasteiger partial charge in [0.1, 0.15) is 6.61 Å². The molecule has 0 bridgehead atoms. The molecule has 0 aliphatic rings. The molecule has 3 N–H and O–H groups in total. The predicted molar refractivity (Wildman–Crippen MR) is 326 cm³/mol. The summed E-state index contributed by atoms with van der Waals surface area (Å²) < 4.78 is 33.1. The Morgan fingerprint density at radius 3 is 1.01 bits per heavy atom. The highest BCUT2D eigenvalue weighted by molar-refractivity contribution is 7.47. The Labute approximate surface area is 471 Å². The van der Waals surface area contributed by atoms with Gasteiger partial charge in [0.2, 0.25) is 0 Å². The van der Waals surface area contributed by atoms with Gasteiger partial charge < -0.3 is 20.1 Å². The van der Waals surface area contributed by atoms with E-state index in [1.54, 1.807) is 0 Å². The zero-order chi connectivity index (χ0) is 55.2. The summed E-state index contributed by atoms with van der Waals surface area (Å²) in [7, 11) is -4.39. The SMILES string of the molecule is CCCCCCC/C=C\C/C=C\CCCCCCCCCCCCCCCCCCCCCCCCCCCC(=O)OC(COC(=O)CCCCCCCCC/C=C\CCCCCCCCC)COP(=O)(O)OCCN. The van der Waals surface area contributed by atoms with E-state index in [1.807, 2.05) is 0 Å². The van der Waals surface area contributed by atoms with Crippen molar-refractivity contribution in [3.63, 3.8) is 0 Å². The number of hydrogen-bond donors (Lipinski definition) is 2. The molecule has 10 heteroatoms. The summed E-state index contributed by atoms with van der Waals surface area (Å²) in [5.41, 5.74) is 5.39. The van der Waals surface area contributed by atoms with E-state index in [4.69, 9.17) is 24.3 Å². The zero-order valence-electron chi connectivity index (χ0n) is 50.3. The Kier molecular flexibility index (Phi) is 61.0. The molecule has 448 valence electrons. The second kappa shape index (κ2) is 62.4. The van der Waals surface area contributed by atoms with Gasteiger partial charge in [-0.2, -0.15) is 0 Å². The molecule has 0 aliphatic carbocycles. The summed E-state index contributed by atoms with van der Waals surface area (Å²) in [6, 6.07) is 0. The van der Waals surface area contributed by atoms with Crippen LogP contribution in [-0.4, -0.2) is 49.3 Å². The number of nitrogens with two attached hydrogens (primary N) is 1. The molecule has 2 atom stereocenters. The van der Waals surface area contributed by atoms with E-state index in [1.165, 1.54) is 263 Å². The van der Waals surface area contributed by atoms with E-state index in [0.29, 0.717) is 6.42 Å². The van der Waals surface area contributed by atoms with Crippen molar-refractivity contribution in [3.8, 4) is 0 Å². The summed E-state index contributed by atoms with van der Waals surface area (Å²) in [4.78, 5) is 35.2. The molecular weight excluding hydrogens is 966 g/mol. The normalized spacial score (nSPS) is 13.2. The first kappa shape index (κ1) is 74.2. The number of carbonyl (C=O) groups is 2. The van der Waals surface area contributed by atoms with E-state index in [-0.39, 0.29) is 38.6 Å². The fourth-order valence-electron chi connectivity index (χ4n) is 9.84. The molecule has 0 fully saturated rings. The smallest absolute Gasteiger partial charge is 0.462 e. The standard InChI is InChI=1S/C66H126NO8P/c1-3-5-7-9-11-13-15-17-19-21-23-24-25-26-27-28-29-30-31-32-33-34-35-36-37-38-39-40-41-43-45-47-49-51-53-55-57-59-66(69)75-64(63-74-76(70,71)73-61-60-67)62-72-65(68)58-56-54-52-50-48-46-44-42-22-20-18-16-14-12-10-8-6-4-2/h15,17,20-23,64H,3-14,16,18-19,24-63,67H2,1-2H3,(H,70,71)/b17-15-,22-20-,23-21-. The van der Waals surface area contributed by atoms with Crippen molar-refractivity contribution in [1.29, 1.82) is 0 Å². The number of allylic oxidation sites excluding steroid dienone is 6. The third-order valence-electron chi connectivity index (χ3n) is 14.7. The number of carbonyl (C=O) groups excluding carboxylic acids is 2. The van der Waals surface area contributed by atoms with Crippen molar-refractivity contribution >= 4 is 19.8 Å². The Balaban J connectivity index is 3.79. The fraction of sp³-hybridized carbons (Fsp3) is 0.879. The average Bonchev–Trinajstić information content (AvgIpc) is 3.41. The largest absolute Gasteiger partial charge is 0.472 e. The van der Waals surface area contributed by atoms with Gasteiger partial charge in [-0.05, 0) is 70.6 Å². The molecule has 0 aromatic heterocycles. The van der Waals surface area contributed by atoms with Crippen LogP contribution < -0.4 is 5.73 Å². The molecule has 0 rings (SSSR count). The molecule has 0 aromatic carbocycles. The van der Waals surface area contributed by atoms with Gasteiger partial charge >= 0.3 is 19.8 Å². The summed E-state index contributed by atoms with van der Waals surface area (Å²) in [5.74, 6) is -0.815. The van der Waals surface area contributed by atoms with Crippen molar-refractivity contribution in [2.45, 2.75) is 347 Å². The van der Waals surface area contributed by atoms with Gasteiger partial charge in [0.15, 0.2) is 6.10 Å². The zero-order valence-corrected chi connectivity index (χ0v) is 51.2.